The fourth-order valence-electron chi connectivity index (χ4n) is 3.78. The van der Waals surface area contributed by atoms with Crippen LogP contribution in [0.25, 0.3) is 0 Å². The Morgan fingerprint density at radius 3 is 2.69 bits per heavy atom. The molecule has 0 saturated carbocycles. The van der Waals surface area contributed by atoms with Gasteiger partial charge in [-0.15, -0.1) is 0 Å². The average Bonchev–Trinajstić information content (AvgIpc) is 3.23. The number of rotatable bonds is 6. The van der Waals surface area contributed by atoms with Gasteiger partial charge in [-0.25, -0.2) is 0 Å². The molecule has 29 heavy (non-hydrogen) atoms. The molecule has 1 atom stereocenters. The quantitative estimate of drug-likeness (QED) is 0.606. The van der Waals surface area contributed by atoms with Gasteiger partial charge in [0.1, 0.15) is 0 Å². The van der Waals surface area contributed by atoms with E-state index in [-0.39, 0.29) is 5.91 Å². The van der Waals surface area contributed by atoms with Crippen molar-refractivity contribution in [3.63, 3.8) is 0 Å². The zero-order valence-corrected chi connectivity index (χ0v) is 17.8. The van der Waals surface area contributed by atoms with Crippen molar-refractivity contribution in [2.45, 2.75) is 25.7 Å². The van der Waals surface area contributed by atoms with E-state index < -0.39 is 0 Å². The van der Waals surface area contributed by atoms with E-state index in [4.69, 9.17) is 4.99 Å². The molecule has 1 amide bonds. The van der Waals surface area contributed by atoms with Crippen molar-refractivity contribution in [2.24, 2.45) is 4.99 Å². The predicted molar refractivity (Wildman–Crippen MR) is 120 cm³/mol. The molecule has 0 spiro atoms. The first-order chi connectivity index (χ1) is 14.1. The minimum Gasteiger partial charge on any atom is -0.357 e. The molecule has 1 aliphatic rings. The first-order valence-electron chi connectivity index (χ1n) is 10.5. The summed E-state index contributed by atoms with van der Waals surface area (Å²) in [7, 11) is 3.56. The van der Waals surface area contributed by atoms with Crippen molar-refractivity contribution in [3.8, 4) is 0 Å². The van der Waals surface area contributed by atoms with Gasteiger partial charge in [0.05, 0.1) is 0 Å². The van der Waals surface area contributed by atoms with Crippen LogP contribution in [0.1, 0.15) is 40.7 Å². The Hall–Kier alpha value is -2.82. The van der Waals surface area contributed by atoms with Crippen molar-refractivity contribution in [1.82, 2.24) is 15.1 Å². The Morgan fingerprint density at radius 2 is 1.97 bits per heavy atom. The maximum atomic E-state index is 12.2. The summed E-state index contributed by atoms with van der Waals surface area (Å²) in [6, 6.07) is 18.6. The summed E-state index contributed by atoms with van der Waals surface area (Å²) < 4.78 is 0. The predicted octanol–water partition coefficient (Wildman–Crippen LogP) is 3.39. The van der Waals surface area contributed by atoms with Crippen LogP contribution in [0.3, 0.4) is 0 Å². The van der Waals surface area contributed by atoms with Gasteiger partial charge in [0.15, 0.2) is 5.96 Å². The van der Waals surface area contributed by atoms with Crippen molar-refractivity contribution in [3.05, 3.63) is 71.3 Å². The molecule has 2 aromatic carbocycles. The number of amides is 1. The van der Waals surface area contributed by atoms with E-state index in [1.54, 1.807) is 19.0 Å². The lowest BCUT2D eigenvalue weighted by atomic mass is 9.99. The molecular weight excluding hydrogens is 360 g/mol. The van der Waals surface area contributed by atoms with E-state index in [0.29, 0.717) is 12.5 Å². The molecule has 2 aromatic rings. The molecule has 1 heterocycles. The van der Waals surface area contributed by atoms with Crippen molar-refractivity contribution in [1.29, 1.82) is 0 Å². The van der Waals surface area contributed by atoms with E-state index in [0.717, 1.165) is 49.6 Å². The van der Waals surface area contributed by atoms with Gasteiger partial charge in [0, 0.05) is 51.8 Å². The lowest BCUT2D eigenvalue weighted by molar-refractivity contribution is 0.0827. The minimum atomic E-state index is 0.0349. The molecular formula is C24H32N4O. The maximum Gasteiger partial charge on any atom is 0.253 e. The van der Waals surface area contributed by atoms with Crippen molar-refractivity contribution in [2.75, 3.05) is 40.3 Å². The lowest BCUT2D eigenvalue weighted by Gasteiger charge is -2.22. The summed E-state index contributed by atoms with van der Waals surface area (Å²) >= 11 is 0. The Labute approximate surface area is 174 Å². The molecule has 0 radical (unpaired) electrons. The molecule has 154 valence electrons. The third kappa shape index (κ3) is 5.59. The van der Waals surface area contributed by atoms with E-state index in [1.807, 2.05) is 18.2 Å². The number of nitrogens with zero attached hydrogens (tertiary/aromatic N) is 3. The first-order valence-corrected chi connectivity index (χ1v) is 10.5. The molecule has 3 rings (SSSR count). The third-order valence-corrected chi connectivity index (χ3v) is 5.34. The molecule has 5 nitrogen and oxygen atoms in total. The zero-order chi connectivity index (χ0) is 20.6. The van der Waals surface area contributed by atoms with Crippen LogP contribution in [0.5, 0.6) is 0 Å². The standard InChI is InChI=1S/C24H32N4O/c1-4-25-24(28-16-14-22(18-28)20-10-6-5-7-11-20)26-15-13-19-9-8-12-21(17-19)23(29)27(2)3/h5-12,17,22H,4,13-16,18H2,1-3H3,(H,25,26). The lowest BCUT2D eigenvalue weighted by Crippen LogP contribution is -2.40. The van der Waals surface area contributed by atoms with E-state index in [2.05, 4.69) is 53.5 Å². The molecule has 5 heteroatoms. The van der Waals surface area contributed by atoms with Crippen LogP contribution >= 0.6 is 0 Å². The molecule has 0 bridgehead atoms. The number of benzene rings is 2. The zero-order valence-electron chi connectivity index (χ0n) is 17.8. The maximum absolute atomic E-state index is 12.2. The number of nitrogens with one attached hydrogen (secondary N) is 1. The van der Waals surface area contributed by atoms with E-state index >= 15 is 0 Å². The van der Waals surface area contributed by atoms with E-state index in [9.17, 15) is 4.79 Å². The van der Waals surface area contributed by atoms with Gasteiger partial charge in [-0.1, -0.05) is 42.5 Å². The Kier molecular flexibility index (Phi) is 7.28. The van der Waals surface area contributed by atoms with Crippen LogP contribution in [0, 0.1) is 0 Å². The second-order valence-electron chi connectivity index (χ2n) is 7.73. The number of carbonyl (C=O) groups excluding carboxylic acids is 1. The topological polar surface area (TPSA) is 47.9 Å². The SMILES string of the molecule is CCNC(=NCCc1cccc(C(=O)N(C)C)c1)N1CCC(c2ccccc2)C1. The molecule has 0 aromatic heterocycles. The molecule has 0 aliphatic carbocycles. The fourth-order valence-corrected chi connectivity index (χ4v) is 3.78. The second kappa shape index (κ2) is 10.1. The van der Waals surface area contributed by atoms with Crippen LogP contribution in [0.4, 0.5) is 0 Å². The Balaban J connectivity index is 1.62. The normalized spacial score (nSPS) is 16.7. The number of guanidine groups is 1. The molecule has 1 saturated heterocycles. The van der Waals surface area contributed by atoms with Crippen LogP contribution in [0.2, 0.25) is 0 Å². The smallest absolute Gasteiger partial charge is 0.253 e. The van der Waals surface area contributed by atoms with Gasteiger partial charge < -0.3 is 15.1 Å². The highest BCUT2D eigenvalue weighted by molar-refractivity contribution is 5.94. The Morgan fingerprint density at radius 1 is 1.17 bits per heavy atom. The van der Waals surface area contributed by atoms with Crippen LogP contribution in [-0.2, 0) is 6.42 Å². The van der Waals surface area contributed by atoms with Crippen LogP contribution < -0.4 is 5.32 Å². The summed E-state index contributed by atoms with van der Waals surface area (Å²) in [5.74, 6) is 1.59. The summed E-state index contributed by atoms with van der Waals surface area (Å²) in [5, 5.41) is 3.44. The van der Waals surface area contributed by atoms with Gasteiger partial charge in [-0.05, 0) is 43.0 Å². The highest BCUT2D eigenvalue weighted by atomic mass is 16.2. The number of hydrogen-bond donors (Lipinski definition) is 1. The van der Waals surface area contributed by atoms with Gasteiger partial charge in [0.2, 0.25) is 0 Å². The molecule has 1 unspecified atom stereocenters. The fraction of sp³-hybridized carbons (Fsp3) is 0.417. The highest BCUT2D eigenvalue weighted by Gasteiger charge is 2.25. The summed E-state index contributed by atoms with van der Waals surface area (Å²) in [6.07, 6.45) is 1.97. The van der Waals surface area contributed by atoms with Gasteiger partial charge in [-0.2, -0.15) is 0 Å². The third-order valence-electron chi connectivity index (χ3n) is 5.34. The average molecular weight is 393 g/mol. The highest BCUT2D eigenvalue weighted by Crippen LogP contribution is 2.26. The summed E-state index contributed by atoms with van der Waals surface area (Å²) in [4.78, 5) is 21.0. The largest absolute Gasteiger partial charge is 0.357 e. The summed E-state index contributed by atoms with van der Waals surface area (Å²) in [6.45, 7) is 5.70. The summed E-state index contributed by atoms with van der Waals surface area (Å²) in [5.41, 5.74) is 3.28. The van der Waals surface area contributed by atoms with Gasteiger partial charge in [-0.3, -0.25) is 9.79 Å². The van der Waals surface area contributed by atoms with Crippen LogP contribution in [0.15, 0.2) is 59.6 Å². The molecule has 1 fully saturated rings. The van der Waals surface area contributed by atoms with Gasteiger partial charge >= 0.3 is 0 Å². The number of aliphatic imine (C=N–C) groups is 1. The second-order valence-corrected chi connectivity index (χ2v) is 7.73. The Bertz CT molecular complexity index is 832. The molecule has 1 aliphatic heterocycles. The van der Waals surface area contributed by atoms with Crippen molar-refractivity contribution < 1.29 is 4.79 Å². The van der Waals surface area contributed by atoms with Gasteiger partial charge in [0.25, 0.3) is 5.91 Å². The van der Waals surface area contributed by atoms with Crippen LogP contribution in [-0.4, -0.2) is 61.9 Å². The minimum absolute atomic E-state index is 0.0349. The van der Waals surface area contributed by atoms with Crippen molar-refractivity contribution >= 4 is 11.9 Å². The van der Waals surface area contributed by atoms with E-state index in [1.165, 1.54) is 5.56 Å². The number of carbonyl (C=O) groups is 1. The monoisotopic (exact) mass is 392 g/mol. The first kappa shape index (κ1) is 20.9. The number of likely N-dealkylation sites (tertiary alicyclic amines) is 1. The molecule has 1 N–H and O–H groups in total. The number of hydrogen-bond acceptors (Lipinski definition) is 2.